The standard InChI is InChI=1S/C30H29N4O2.Cu/c1-13-15(3)23-10-25-17(5)29(19(7)35)27(33-25)12-28-30(20(8)36)18(6)26(34-28)11-24-16(4)14(2)22(32-24)9-21(13)31-23;/h9-12H,1-8H3,(H-,31,32,33,34,35,36);/q-1;+2/p-1. The third kappa shape index (κ3) is 4.22. The molecule has 6 nitrogen and oxygen atoms in total. The number of carbonyl (C=O) groups excluding carboxylic acids is 2. The number of carbonyl (C=O) groups is 2. The number of hydrogen-bond donors (Lipinski definition) is 0. The van der Waals surface area contributed by atoms with Gasteiger partial charge < -0.3 is 9.97 Å². The summed E-state index contributed by atoms with van der Waals surface area (Å²) in [4.78, 5) is 44.7. The number of nitrogens with zero attached hydrogens (tertiary/aromatic N) is 4. The van der Waals surface area contributed by atoms with Gasteiger partial charge in [0.1, 0.15) is 0 Å². The molecule has 191 valence electrons. The molecule has 3 aromatic rings. The molecule has 0 fully saturated rings. The van der Waals surface area contributed by atoms with Crippen LogP contribution in [0.3, 0.4) is 0 Å². The van der Waals surface area contributed by atoms with Crippen LogP contribution in [0.4, 0.5) is 0 Å². The van der Waals surface area contributed by atoms with Crippen LogP contribution in [0.5, 0.6) is 0 Å². The summed E-state index contributed by atoms with van der Waals surface area (Å²) >= 11 is 0. The fourth-order valence-electron chi connectivity index (χ4n) is 5.00. The number of allylic oxidation sites excluding steroid dienone is 4. The summed E-state index contributed by atoms with van der Waals surface area (Å²) in [6.07, 6.45) is 0. The Morgan fingerprint density at radius 2 is 0.973 bits per heavy atom. The Labute approximate surface area is 226 Å². The summed E-state index contributed by atoms with van der Waals surface area (Å²) in [5.41, 5.74) is 12.7. The predicted molar refractivity (Wildman–Crippen MR) is 144 cm³/mol. The molecule has 0 unspecified atom stereocenters. The Morgan fingerprint density at radius 1 is 0.568 bits per heavy atom. The van der Waals surface area contributed by atoms with Crippen molar-refractivity contribution in [3.63, 3.8) is 0 Å². The van der Waals surface area contributed by atoms with Gasteiger partial charge in [0.2, 0.25) is 0 Å². The van der Waals surface area contributed by atoms with Gasteiger partial charge in [-0.3, -0.25) is 9.59 Å². The van der Waals surface area contributed by atoms with E-state index in [2.05, 4.69) is 13.8 Å². The molecule has 37 heavy (non-hydrogen) atoms. The molecule has 0 atom stereocenters. The second-order valence-corrected chi connectivity index (χ2v) is 9.72. The van der Waals surface area contributed by atoms with E-state index in [0.717, 1.165) is 55.8 Å². The van der Waals surface area contributed by atoms with E-state index in [1.165, 1.54) is 13.8 Å². The summed E-state index contributed by atoms with van der Waals surface area (Å²) in [6, 6.07) is 7.64. The Bertz CT molecular complexity index is 1750. The molecular formula is C30H28CuN4O2. The first kappa shape index (κ1) is 26.5. The fourth-order valence-corrected chi connectivity index (χ4v) is 5.00. The minimum atomic E-state index is -0.0834. The topological polar surface area (TPSA) is 88.1 Å². The van der Waals surface area contributed by atoms with Crippen LogP contribution in [0.25, 0.3) is 44.4 Å². The van der Waals surface area contributed by atoms with Crippen molar-refractivity contribution in [1.29, 1.82) is 0 Å². The second kappa shape index (κ2) is 9.40. The van der Waals surface area contributed by atoms with Crippen LogP contribution in [-0.2, 0) is 21.9 Å². The molecule has 2 aliphatic rings. The van der Waals surface area contributed by atoms with Gasteiger partial charge in [0.05, 0.1) is 22.8 Å². The van der Waals surface area contributed by atoms with Crippen molar-refractivity contribution >= 4 is 55.9 Å². The van der Waals surface area contributed by atoms with Crippen LogP contribution in [0.2, 0.25) is 0 Å². The number of aromatic nitrogens is 4. The zero-order valence-corrected chi connectivity index (χ0v) is 23.2. The van der Waals surface area contributed by atoms with Crippen molar-refractivity contribution in [2.45, 2.75) is 55.4 Å². The van der Waals surface area contributed by atoms with Gasteiger partial charge in [-0.25, -0.2) is 9.97 Å². The summed E-state index contributed by atoms with van der Waals surface area (Å²) in [5, 5.41) is 0. The summed E-state index contributed by atoms with van der Waals surface area (Å²) < 4.78 is 0. The maximum atomic E-state index is 12.7. The molecule has 1 radical (unpaired) electrons. The first-order valence-electron chi connectivity index (χ1n) is 12.0. The zero-order chi connectivity index (χ0) is 26.0. The molecule has 0 aliphatic carbocycles. The normalized spacial score (nSPS) is 13.2. The van der Waals surface area contributed by atoms with Crippen LogP contribution in [0.15, 0.2) is 24.3 Å². The maximum Gasteiger partial charge on any atom is 2.00 e. The van der Waals surface area contributed by atoms with Crippen molar-refractivity contribution in [2.24, 2.45) is 0 Å². The number of Topliss-reactive ketones (excluding diaryl/α,β-unsaturated/α-hetero) is 2. The zero-order valence-electron chi connectivity index (χ0n) is 22.2. The van der Waals surface area contributed by atoms with Gasteiger partial charge in [0.15, 0.2) is 11.6 Å². The number of aryl methyl sites for hydroxylation is 3. The molecule has 5 heterocycles. The smallest absolute Gasteiger partial charge is 0.657 e. The van der Waals surface area contributed by atoms with Gasteiger partial charge >= 0.3 is 17.1 Å². The quantitative estimate of drug-likeness (QED) is 0.286. The Kier molecular flexibility index (Phi) is 6.74. The Morgan fingerprint density at radius 3 is 1.46 bits per heavy atom. The molecule has 8 bridgehead atoms. The average molecular weight is 540 g/mol. The first-order valence-corrected chi connectivity index (χ1v) is 12.0. The predicted octanol–water partition coefficient (Wildman–Crippen LogP) is 6.17. The van der Waals surface area contributed by atoms with E-state index in [9.17, 15) is 9.59 Å². The SMILES string of the molecule is CC(=O)C1=C(C)c2cc3[n-]c(cc4nc(cc5[n-]c(cc1n2)c(C(C)=O)c5C)C(C)=C4C)c(C)c3C.[Cu+2]. The average Bonchev–Trinajstić information content (AvgIpc) is 3.45. The minimum Gasteiger partial charge on any atom is -0.657 e. The van der Waals surface area contributed by atoms with Gasteiger partial charge in [-0.2, -0.15) is 0 Å². The summed E-state index contributed by atoms with van der Waals surface area (Å²) in [6.45, 7) is 15.1. The van der Waals surface area contributed by atoms with Crippen LogP contribution >= 0.6 is 0 Å². The van der Waals surface area contributed by atoms with Crippen LogP contribution in [0, 0.1) is 20.8 Å². The molecule has 7 heteroatoms. The molecule has 0 N–H and O–H groups in total. The van der Waals surface area contributed by atoms with Crippen molar-refractivity contribution in [3.05, 3.63) is 69.3 Å². The molecule has 0 saturated heterocycles. The second-order valence-electron chi connectivity index (χ2n) is 9.72. The van der Waals surface area contributed by atoms with Crippen molar-refractivity contribution in [2.75, 3.05) is 0 Å². The minimum absolute atomic E-state index is 0. The van der Waals surface area contributed by atoms with E-state index >= 15 is 0 Å². The van der Waals surface area contributed by atoms with Gasteiger partial charge in [-0.15, -0.1) is 22.1 Å². The fraction of sp³-hybridized carbons (Fsp3) is 0.267. The van der Waals surface area contributed by atoms with E-state index in [-0.39, 0.29) is 28.6 Å². The van der Waals surface area contributed by atoms with Gasteiger partial charge in [-0.05, 0) is 78.2 Å². The van der Waals surface area contributed by atoms with E-state index in [0.29, 0.717) is 33.6 Å². The Balaban J connectivity index is 0.00000320. The molecule has 2 aliphatic heterocycles. The van der Waals surface area contributed by atoms with E-state index in [1.807, 2.05) is 45.9 Å². The Hall–Kier alpha value is -3.54. The number of hydrogen-bond acceptors (Lipinski definition) is 4. The number of ketones is 2. The third-order valence-electron chi connectivity index (χ3n) is 7.45. The monoisotopic (exact) mass is 539 g/mol. The van der Waals surface area contributed by atoms with E-state index in [4.69, 9.17) is 19.9 Å². The third-order valence-corrected chi connectivity index (χ3v) is 7.45. The van der Waals surface area contributed by atoms with Crippen LogP contribution in [-0.4, -0.2) is 21.5 Å². The molecule has 5 rings (SSSR count). The maximum absolute atomic E-state index is 12.7. The largest absolute Gasteiger partial charge is 2.00 e. The molecule has 3 aromatic heterocycles. The summed E-state index contributed by atoms with van der Waals surface area (Å²) in [7, 11) is 0. The van der Waals surface area contributed by atoms with Gasteiger partial charge in [0, 0.05) is 11.1 Å². The van der Waals surface area contributed by atoms with Crippen LogP contribution < -0.4 is 9.97 Å². The molecular weight excluding hydrogens is 512 g/mol. The van der Waals surface area contributed by atoms with Crippen LogP contribution in [0.1, 0.15) is 84.4 Å². The number of fused-ring (bicyclic) bond motifs is 8. The molecule has 0 saturated carbocycles. The first-order chi connectivity index (χ1) is 17.0. The van der Waals surface area contributed by atoms with Crippen molar-refractivity contribution in [1.82, 2.24) is 19.9 Å². The van der Waals surface area contributed by atoms with Crippen molar-refractivity contribution < 1.29 is 26.7 Å². The number of rotatable bonds is 2. The van der Waals surface area contributed by atoms with Gasteiger partial charge in [-0.1, -0.05) is 34.9 Å². The molecule has 0 aromatic carbocycles. The summed E-state index contributed by atoms with van der Waals surface area (Å²) in [5.74, 6) is -0.167. The molecule has 0 amide bonds. The van der Waals surface area contributed by atoms with Crippen molar-refractivity contribution in [3.8, 4) is 0 Å². The van der Waals surface area contributed by atoms with Gasteiger partial charge in [0.25, 0.3) is 0 Å². The van der Waals surface area contributed by atoms with E-state index < -0.39 is 0 Å². The molecule has 0 spiro atoms. The van der Waals surface area contributed by atoms with E-state index in [1.54, 1.807) is 6.07 Å².